The quantitative estimate of drug-likeness (QED) is 0.740. The Bertz CT molecular complexity index is 933. The van der Waals surface area contributed by atoms with E-state index in [0.29, 0.717) is 56.6 Å². The van der Waals surface area contributed by atoms with Crippen molar-refractivity contribution in [3.63, 3.8) is 0 Å². The summed E-state index contributed by atoms with van der Waals surface area (Å²) in [5.74, 6) is 0.451. The van der Waals surface area contributed by atoms with Gasteiger partial charge in [-0.15, -0.1) is 0 Å². The van der Waals surface area contributed by atoms with Gasteiger partial charge in [-0.1, -0.05) is 35.9 Å². The van der Waals surface area contributed by atoms with E-state index in [2.05, 4.69) is 5.32 Å². The van der Waals surface area contributed by atoms with Crippen molar-refractivity contribution in [2.24, 2.45) is 0 Å². The zero-order valence-corrected chi connectivity index (χ0v) is 18.0. The Kier molecular flexibility index (Phi) is 6.94. The first-order valence-corrected chi connectivity index (χ1v) is 10.9. The lowest BCUT2D eigenvalue weighted by atomic mass is 10.1. The van der Waals surface area contributed by atoms with Crippen molar-refractivity contribution in [2.45, 2.75) is 12.5 Å². The minimum absolute atomic E-state index is 0.0656. The second kappa shape index (κ2) is 10.0. The molecule has 8 heteroatoms. The standard InChI is InChI=1S/C23H26ClN3O4/c24-18-5-3-4-17(14-18)8-9-25-22(28)16-27-15-21(23(29)26-10-12-30-13-11-26)31-20-7-2-1-6-19(20)27/h1-7,14,21H,8-13,15-16H2,(H,25,28). The molecule has 1 N–H and O–H groups in total. The summed E-state index contributed by atoms with van der Waals surface area (Å²) in [4.78, 5) is 29.3. The number of anilines is 1. The number of halogens is 1. The summed E-state index contributed by atoms with van der Waals surface area (Å²) in [5, 5.41) is 3.64. The van der Waals surface area contributed by atoms with Gasteiger partial charge in [-0.05, 0) is 36.2 Å². The number of ether oxygens (including phenoxy) is 2. The van der Waals surface area contributed by atoms with Crippen LogP contribution in [0, 0.1) is 0 Å². The third-order valence-corrected chi connectivity index (χ3v) is 5.65. The number of carbonyl (C=O) groups excluding carboxylic acids is 2. The molecule has 4 rings (SSSR count). The lowest BCUT2D eigenvalue weighted by Crippen LogP contribution is -2.54. The molecule has 31 heavy (non-hydrogen) atoms. The molecule has 2 aromatic rings. The van der Waals surface area contributed by atoms with E-state index < -0.39 is 6.10 Å². The number of para-hydroxylation sites is 2. The molecule has 1 unspecified atom stereocenters. The van der Waals surface area contributed by atoms with Gasteiger partial charge in [-0.2, -0.15) is 0 Å². The molecule has 1 fully saturated rings. The minimum Gasteiger partial charge on any atom is -0.477 e. The average molecular weight is 444 g/mol. The van der Waals surface area contributed by atoms with E-state index in [9.17, 15) is 9.59 Å². The molecule has 2 heterocycles. The highest BCUT2D eigenvalue weighted by molar-refractivity contribution is 6.30. The van der Waals surface area contributed by atoms with Gasteiger partial charge >= 0.3 is 0 Å². The highest BCUT2D eigenvalue weighted by Crippen LogP contribution is 2.33. The normalized spacial score (nSPS) is 18.2. The van der Waals surface area contributed by atoms with Crippen LogP contribution in [0.25, 0.3) is 0 Å². The second-order valence-corrected chi connectivity index (χ2v) is 8.06. The zero-order chi connectivity index (χ0) is 21.6. The predicted molar refractivity (Wildman–Crippen MR) is 119 cm³/mol. The molecule has 2 amide bonds. The van der Waals surface area contributed by atoms with Gasteiger partial charge < -0.3 is 24.6 Å². The SMILES string of the molecule is O=C(CN1CC(C(=O)N2CCOCC2)Oc2ccccc21)NCCc1cccc(Cl)c1. The van der Waals surface area contributed by atoms with Crippen molar-refractivity contribution in [1.29, 1.82) is 0 Å². The van der Waals surface area contributed by atoms with Crippen LogP contribution in [0.5, 0.6) is 5.75 Å². The van der Waals surface area contributed by atoms with Gasteiger partial charge in [0.25, 0.3) is 5.91 Å². The van der Waals surface area contributed by atoms with E-state index in [1.54, 1.807) is 4.90 Å². The monoisotopic (exact) mass is 443 g/mol. The average Bonchev–Trinajstić information content (AvgIpc) is 2.79. The summed E-state index contributed by atoms with van der Waals surface area (Å²) in [6.45, 7) is 3.19. The fourth-order valence-corrected chi connectivity index (χ4v) is 4.05. The molecule has 2 aliphatic rings. The lowest BCUT2D eigenvalue weighted by molar-refractivity contribution is -0.142. The Morgan fingerprint density at radius 1 is 1.10 bits per heavy atom. The molecular formula is C23H26ClN3O4. The maximum atomic E-state index is 13.0. The molecule has 0 spiro atoms. The van der Waals surface area contributed by atoms with Gasteiger partial charge in [0.05, 0.1) is 32.0 Å². The number of fused-ring (bicyclic) bond motifs is 1. The van der Waals surface area contributed by atoms with Crippen molar-refractivity contribution >= 4 is 29.1 Å². The molecule has 7 nitrogen and oxygen atoms in total. The second-order valence-electron chi connectivity index (χ2n) is 7.62. The molecule has 2 aliphatic heterocycles. The van der Waals surface area contributed by atoms with Gasteiger partial charge in [-0.25, -0.2) is 0 Å². The topological polar surface area (TPSA) is 71.1 Å². The van der Waals surface area contributed by atoms with E-state index in [1.165, 1.54) is 0 Å². The third-order valence-electron chi connectivity index (χ3n) is 5.42. The van der Waals surface area contributed by atoms with Gasteiger partial charge in [0, 0.05) is 24.7 Å². The number of morpholine rings is 1. The third kappa shape index (κ3) is 5.48. The zero-order valence-electron chi connectivity index (χ0n) is 17.3. The van der Waals surface area contributed by atoms with Crippen molar-refractivity contribution in [3.8, 4) is 5.75 Å². The smallest absolute Gasteiger partial charge is 0.265 e. The minimum atomic E-state index is -0.646. The number of amides is 2. The molecular weight excluding hydrogens is 418 g/mol. The first-order chi connectivity index (χ1) is 15.1. The fourth-order valence-electron chi connectivity index (χ4n) is 3.84. The number of nitrogens with one attached hydrogen (secondary N) is 1. The van der Waals surface area contributed by atoms with Gasteiger partial charge in [0.15, 0.2) is 6.10 Å². The van der Waals surface area contributed by atoms with Crippen LogP contribution in [0.3, 0.4) is 0 Å². The Morgan fingerprint density at radius 3 is 2.71 bits per heavy atom. The van der Waals surface area contributed by atoms with Gasteiger partial charge in [0.2, 0.25) is 5.91 Å². The molecule has 0 radical (unpaired) electrons. The molecule has 1 atom stereocenters. The van der Waals surface area contributed by atoms with E-state index in [1.807, 2.05) is 53.4 Å². The number of carbonyl (C=O) groups is 2. The molecule has 2 aromatic carbocycles. The first-order valence-electron chi connectivity index (χ1n) is 10.5. The van der Waals surface area contributed by atoms with Crippen LogP contribution in [-0.4, -0.2) is 68.8 Å². The summed E-state index contributed by atoms with van der Waals surface area (Å²) in [5.41, 5.74) is 1.89. The lowest BCUT2D eigenvalue weighted by Gasteiger charge is -2.38. The van der Waals surface area contributed by atoms with Crippen molar-refractivity contribution < 1.29 is 19.1 Å². The highest BCUT2D eigenvalue weighted by Gasteiger charge is 2.34. The number of benzene rings is 2. The number of rotatable bonds is 6. The molecule has 0 bridgehead atoms. The maximum Gasteiger partial charge on any atom is 0.265 e. The molecule has 164 valence electrons. The number of hydrogen-bond donors (Lipinski definition) is 1. The van der Waals surface area contributed by atoms with Gasteiger partial charge in [0.1, 0.15) is 5.75 Å². The summed E-state index contributed by atoms with van der Waals surface area (Å²) in [6, 6.07) is 15.1. The maximum absolute atomic E-state index is 13.0. The summed E-state index contributed by atoms with van der Waals surface area (Å²) < 4.78 is 11.3. The first kappa shape index (κ1) is 21.5. The van der Waals surface area contributed by atoms with Crippen LogP contribution in [0.1, 0.15) is 5.56 Å². The van der Waals surface area contributed by atoms with Crippen LogP contribution < -0.4 is 15.0 Å². The Morgan fingerprint density at radius 2 is 1.90 bits per heavy atom. The predicted octanol–water partition coefficient (Wildman–Crippen LogP) is 2.13. The molecule has 0 aromatic heterocycles. The summed E-state index contributed by atoms with van der Waals surface area (Å²) >= 11 is 6.01. The molecule has 0 aliphatic carbocycles. The van der Waals surface area contributed by atoms with Crippen LogP contribution in [0.4, 0.5) is 5.69 Å². The van der Waals surface area contributed by atoms with Crippen LogP contribution in [-0.2, 0) is 20.7 Å². The number of nitrogens with zero attached hydrogens (tertiary/aromatic N) is 2. The van der Waals surface area contributed by atoms with Crippen LogP contribution >= 0.6 is 11.6 Å². The fraction of sp³-hybridized carbons (Fsp3) is 0.391. The van der Waals surface area contributed by atoms with E-state index in [0.717, 1.165) is 11.3 Å². The van der Waals surface area contributed by atoms with E-state index >= 15 is 0 Å². The Balaban J connectivity index is 1.37. The molecule has 0 saturated carbocycles. The van der Waals surface area contributed by atoms with Crippen molar-refractivity contribution in [1.82, 2.24) is 10.2 Å². The largest absolute Gasteiger partial charge is 0.477 e. The Hall–Kier alpha value is -2.77. The Labute approximate surface area is 186 Å². The van der Waals surface area contributed by atoms with E-state index in [4.69, 9.17) is 21.1 Å². The van der Waals surface area contributed by atoms with Crippen LogP contribution in [0.2, 0.25) is 5.02 Å². The summed E-state index contributed by atoms with van der Waals surface area (Å²) in [6.07, 6.45) is 0.0525. The van der Waals surface area contributed by atoms with E-state index in [-0.39, 0.29) is 18.4 Å². The summed E-state index contributed by atoms with van der Waals surface area (Å²) in [7, 11) is 0. The van der Waals surface area contributed by atoms with Gasteiger partial charge in [-0.3, -0.25) is 9.59 Å². The molecule has 1 saturated heterocycles. The highest BCUT2D eigenvalue weighted by atomic mass is 35.5. The van der Waals surface area contributed by atoms with Crippen LogP contribution in [0.15, 0.2) is 48.5 Å². The van der Waals surface area contributed by atoms with Crippen molar-refractivity contribution in [3.05, 3.63) is 59.1 Å². The number of hydrogen-bond acceptors (Lipinski definition) is 5. The van der Waals surface area contributed by atoms with Crippen molar-refractivity contribution in [2.75, 3.05) is 50.8 Å².